The van der Waals surface area contributed by atoms with Crippen LogP contribution < -0.4 is 4.74 Å². The van der Waals surface area contributed by atoms with E-state index in [1.54, 1.807) is 6.07 Å². The molecule has 0 bridgehead atoms. The Morgan fingerprint density at radius 3 is 2.36 bits per heavy atom. The van der Waals surface area contributed by atoms with Crippen LogP contribution in [0, 0.1) is 0 Å². The summed E-state index contributed by atoms with van der Waals surface area (Å²) in [6.07, 6.45) is 1.27. The average Bonchev–Trinajstić information content (AvgIpc) is 2.69. The smallest absolute Gasteiger partial charge is 0.347 e. The second kappa shape index (κ2) is 9.31. The van der Waals surface area contributed by atoms with Gasteiger partial charge in [0, 0.05) is 12.5 Å². The third kappa shape index (κ3) is 5.41. The van der Waals surface area contributed by atoms with E-state index >= 15 is 0 Å². The largest absolute Gasteiger partial charge is 0.504 e. The molecular formula is C20H20O8. The van der Waals surface area contributed by atoms with E-state index in [-0.39, 0.29) is 29.4 Å². The molecule has 2 rings (SSSR count). The molecular weight excluding hydrogens is 368 g/mol. The van der Waals surface area contributed by atoms with Gasteiger partial charge in [-0.05, 0) is 41.5 Å². The van der Waals surface area contributed by atoms with Crippen molar-refractivity contribution < 1.29 is 39.1 Å². The lowest BCUT2D eigenvalue weighted by Gasteiger charge is -2.15. The van der Waals surface area contributed by atoms with Crippen molar-refractivity contribution in [2.75, 3.05) is 14.2 Å². The van der Waals surface area contributed by atoms with E-state index in [9.17, 15) is 24.9 Å². The first-order valence-electron chi connectivity index (χ1n) is 8.18. The highest BCUT2D eigenvalue weighted by molar-refractivity contribution is 5.89. The summed E-state index contributed by atoms with van der Waals surface area (Å²) in [6.45, 7) is 0. The molecule has 0 aliphatic heterocycles. The van der Waals surface area contributed by atoms with Crippen LogP contribution in [0.15, 0.2) is 42.5 Å². The molecule has 28 heavy (non-hydrogen) atoms. The molecule has 0 saturated heterocycles. The Labute approximate surface area is 161 Å². The summed E-state index contributed by atoms with van der Waals surface area (Å²) in [5.74, 6) is -2.00. The fraction of sp³-hybridized carbons (Fsp3) is 0.200. The SMILES string of the molecule is COC(=O)C(Cc1ccc(O)c(O)c1)OC(=O)C=Cc1ccc(O)c(OC)c1. The molecule has 0 aliphatic rings. The number of rotatable bonds is 7. The minimum absolute atomic E-state index is 0.0369. The Kier molecular flexibility index (Phi) is 6.86. The fourth-order valence-corrected chi connectivity index (χ4v) is 2.36. The first kappa shape index (κ1) is 20.6. The fourth-order valence-electron chi connectivity index (χ4n) is 2.36. The summed E-state index contributed by atoms with van der Waals surface area (Å²) < 4.78 is 14.8. The lowest BCUT2D eigenvalue weighted by molar-refractivity contribution is -0.162. The Bertz CT molecular complexity index is 888. The highest BCUT2D eigenvalue weighted by Crippen LogP contribution is 2.27. The lowest BCUT2D eigenvalue weighted by atomic mass is 10.1. The number of methoxy groups -OCH3 is 2. The minimum Gasteiger partial charge on any atom is -0.504 e. The molecule has 2 aromatic carbocycles. The molecule has 1 atom stereocenters. The molecule has 2 aromatic rings. The number of esters is 2. The van der Waals surface area contributed by atoms with Gasteiger partial charge < -0.3 is 29.5 Å². The van der Waals surface area contributed by atoms with E-state index in [2.05, 4.69) is 4.74 Å². The van der Waals surface area contributed by atoms with Gasteiger partial charge in [-0.15, -0.1) is 0 Å². The highest BCUT2D eigenvalue weighted by atomic mass is 16.6. The van der Waals surface area contributed by atoms with Crippen molar-refractivity contribution in [3.63, 3.8) is 0 Å². The van der Waals surface area contributed by atoms with Crippen molar-refractivity contribution in [3.05, 3.63) is 53.6 Å². The Balaban J connectivity index is 2.09. The van der Waals surface area contributed by atoms with Crippen molar-refractivity contribution in [1.29, 1.82) is 0 Å². The summed E-state index contributed by atoms with van der Waals surface area (Å²) in [5.41, 5.74) is 1.04. The van der Waals surface area contributed by atoms with Gasteiger partial charge >= 0.3 is 11.9 Å². The molecule has 8 heteroatoms. The summed E-state index contributed by atoms with van der Waals surface area (Å²) in [6, 6.07) is 8.52. The Morgan fingerprint density at radius 2 is 1.71 bits per heavy atom. The predicted molar refractivity (Wildman–Crippen MR) is 99.1 cm³/mol. The van der Waals surface area contributed by atoms with Gasteiger partial charge in [-0.3, -0.25) is 0 Å². The van der Waals surface area contributed by atoms with E-state index in [0.29, 0.717) is 11.1 Å². The quantitative estimate of drug-likeness (QED) is 0.375. The molecule has 0 heterocycles. The molecule has 8 nitrogen and oxygen atoms in total. The third-order valence-corrected chi connectivity index (χ3v) is 3.80. The zero-order valence-electron chi connectivity index (χ0n) is 15.3. The molecule has 0 aromatic heterocycles. The molecule has 0 amide bonds. The van der Waals surface area contributed by atoms with Crippen molar-refractivity contribution >= 4 is 18.0 Å². The van der Waals surface area contributed by atoms with Gasteiger partial charge in [0.15, 0.2) is 23.0 Å². The maximum Gasteiger partial charge on any atom is 0.347 e. The normalized spacial score (nSPS) is 11.8. The van der Waals surface area contributed by atoms with Crippen LogP contribution in [-0.4, -0.2) is 47.6 Å². The standard InChI is InChI=1S/C20H20O8/c1-26-17-10-12(3-7-15(17)22)5-8-19(24)28-18(20(25)27-2)11-13-4-6-14(21)16(23)9-13/h3-10,18,21-23H,11H2,1-2H3. The van der Waals surface area contributed by atoms with Crippen LogP contribution in [-0.2, 0) is 25.5 Å². The molecule has 0 saturated carbocycles. The topological polar surface area (TPSA) is 123 Å². The van der Waals surface area contributed by atoms with Crippen molar-refractivity contribution in [1.82, 2.24) is 0 Å². The van der Waals surface area contributed by atoms with E-state index in [0.717, 1.165) is 13.2 Å². The van der Waals surface area contributed by atoms with E-state index in [1.807, 2.05) is 0 Å². The number of ether oxygens (including phenoxy) is 3. The van der Waals surface area contributed by atoms with E-state index < -0.39 is 18.0 Å². The molecule has 1 unspecified atom stereocenters. The van der Waals surface area contributed by atoms with Gasteiger partial charge in [0.2, 0.25) is 6.10 Å². The van der Waals surface area contributed by atoms with Crippen LogP contribution >= 0.6 is 0 Å². The Morgan fingerprint density at radius 1 is 1.00 bits per heavy atom. The van der Waals surface area contributed by atoms with Gasteiger partial charge in [0.25, 0.3) is 0 Å². The average molecular weight is 388 g/mol. The number of benzene rings is 2. The number of carbonyl (C=O) groups excluding carboxylic acids is 2. The van der Waals surface area contributed by atoms with Gasteiger partial charge in [0.05, 0.1) is 14.2 Å². The monoisotopic (exact) mass is 388 g/mol. The van der Waals surface area contributed by atoms with Crippen molar-refractivity contribution in [3.8, 4) is 23.0 Å². The maximum absolute atomic E-state index is 12.1. The number of phenols is 3. The number of phenolic OH excluding ortho intramolecular Hbond substituents is 3. The molecule has 0 radical (unpaired) electrons. The second-order valence-corrected chi connectivity index (χ2v) is 5.74. The first-order chi connectivity index (χ1) is 13.3. The predicted octanol–water partition coefficient (Wildman–Crippen LogP) is 2.15. The maximum atomic E-state index is 12.1. The number of carbonyl (C=O) groups is 2. The van der Waals surface area contributed by atoms with Gasteiger partial charge in [-0.25, -0.2) is 9.59 Å². The molecule has 148 valence electrons. The number of hydrogen-bond acceptors (Lipinski definition) is 8. The highest BCUT2D eigenvalue weighted by Gasteiger charge is 2.24. The zero-order valence-corrected chi connectivity index (χ0v) is 15.3. The van der Waals surface area contributed by atoms with E-state index in [1.165, 1.54) is 43.5 Å². The molecule has 0 aliphatic carbocycles. The zero-order chi connectivity index (χ0) is 20.7. The van der Waals surface area contributed by atoms with Crippen LogP contribution in [0.2, 0.25) is 0 Å². The molecule has 0 fully saturated rings. The summed E-state index contributed by atoms with van der Waals surface area (Å²) in [7, 11) is 2.56. The van der Waals surface area contributed by atoms with Crippen LogP contribution in [0.4, 0.5) is 0 Å². The van der Waals surface area contributed by atoms with Crippen LogP contribution in [0.5, 0.6) is 23.0 Å². The Hall–Kier alpha value is -3.68. The van der Waals surface area contributed by atoms with Crippen LogP contribution in [0.1, 0.15) is 11.1 Å². The summed E-state index contributed by atoms with van der Waals surface area (Å²) in [5, 5.41) is 28.5. The summed E-state index contributed by atoms with van der Waals surface area (Å²) >= 11 is 0. The summed E-state index contributed by atoms with van der Waals surface area (Å²) in [4.78, 5) is 24.0. The van der Waals surface area contributed by atoms with Gasteiger partial charge in [-0.1, -0.05) is 12.1 Å². The third-order valence-electron chi connectivity index (χ3n) is 3.80. The van der Waals surface area contributed by atoms with Crippen molar-refractivity contribution in [2.24, 2.45) is 0 Å². The van der Waals surface area contributed by atoms with Crippen molar-refractivity contribution in [2.45, 2.75) is 12.5 Å². The number of aromatic hydroxyl groups is 3. The van der Waals surface area contributed by atoms with Gasteiger partial charge in [-0.2, -0.15) is 0 Å². The number of hydrogen-bond donors (Lipinski definition) is 3. The second-order valence-electron chi connectivity index (χ2n) is 5.74. The van der Waals surface area contributed by atoms with Crippen LogP contribution in [0.25, 0.3) is 6.08 Å². The molecule has 3 N–H and O–H groups in total. The molecule has 0 spiro atoms. The van der Waals surface area contributed by atoms with Crippen LogP contribution in [0.3, 0.4) is 0 Å². The first-order valence-corrected chi connectivity index (χ1v) is 8.18. The minimum atomic E-state index is -1.24. The van der Waals surface area contributed by atoms with Gasteiger partial charge in [0.1, 0.15) is 0 Å². The lowest BCUT2D eigenvalue weighted by Crippen LogP contribution is -2.30. The van der Waals surface area contributed by atoms with E-state index in [4.69, 9.17) is 9.47 Å².